The number of amides is 3. The summed E-state index contributed by atoms with van der Waals surface area (Å²) >= 11 is 1.46. The van der Waals surface area contributed by atoms with Crippen molar-refractivity contribution in [3.05, 3.63) is 23.4 Å². The summed E-state index contributed by atoms with van der Waals surface area (Å²) in [6.45, 7) is 1.30. The molecule has 1 aliphatic carbocycles. The van der Waals surface area contributed by atoms with E-state index in [9.17, 15) is 14.4 Å². The normalized spacial score (nSPS) is 24.6. The van der Waals surface area contributed by atoms with E-state index in [1.165, 1.54) is 11.3 Å². The number of urea groups is 1. The van der Waals surface area contributed by atoms with Crippen molar-refractivity contribution < 1.29 is 23.6 Å². The highest BCUT2D eigenvalue weighted by atomic mass is 32.1. The molecule has 1 N–H and O–H groups in total. The summed E-state index contributed by atoms with van der Waals surface area (Å²) in [6, 6.07) is 3.17. The first kappa shape index (κ1) is 18.6. The van der Waals surface area contributed by atoms with Gasteiger partial charge in [0.05, 0.1) is 4.88 Å². The number of nitrogens with zero attached hydrogens (tertiary/aromatic N) is 3. The molecule has 9 nitrogen and oxygen atoms in total. The van der Waals surface area contributed by atoms with E-state index >= 15 is 0 Å². The number of thiophene rings is 1. The number of carbonyl (C=O) groups is 3. The molecular formula is C18H20N4O5S. The van der Waals surface area contributed by atoms with Gasteiger partial charge in [0.15, 0.2) is 6.61 Å². The van der Waals surface area contributed by atoms with E-state index in [2.05, 4.69) is 15.5 Å². The average molecular weight is 404 g/mol. The van der Waals surface area contributed by atoms with Crippen LogP contribution < -0.4 is 5.32 Å². The summed E-state index contributed by atoms with van der Waals surface area (Å²) < 4.78 is 10.2. The largest absolute Gasteiger partial charge is 0.454 e. The second-order valence-corrected chi connectivity index (χ2v) is 8.04. The zero-order valence-electron chi connectivity index (χ0n) is 15.3. The Kier molecular flexibility index (Phi) is 4.88. The summed E-state index contributed by atoms with van der Waals surface area (Å²) in [6.07, 6.45) is 3.37. The van der Waals surface area contributed by atoms with Crippen molar-refractivity contribution in [3.8, 4) is 10.7 Å². The molecule has 1 spiro atoms. The number of nitrogens with one attached hydrogen (secondary N) is 1. The van der Waals surface area contributed by atoms with Gasteiger partial charge in [-0.1, -0.05) is 31.0 Å². The first-order chi connectivity index (χ1) is 13.5. The SMILES string of the molecule is C[C@H]1CCCC[C@]12NC(=O)N(CC(=O)OCc1nc(-c3cccs3)no1)C2=O. The van der Waals surface area contributed by atoms with Gasteiger partial charge in [0.1, 0.15) is 12.1 Å². The molecule has 10 heteroatoms. The van der Waals surface area contributed by atoms with Crippen LogP contribution in [0.25, 0.3) is 10.7 Å². The summed E-state index contributed by atoms with van der Waals surface area (Å²) in [5.41, 5.74) is -0.891. The predicted molar refractivity (Wildman–Crippen MR) is 98.0 cm³/mol. The van der Waals surface area contributed by atoms with E-state index in [1.54, 1.807) is 0 Å². The molecule has 1 saturated heterocycles. The third-order valence-electron chi connectivity index (χ3n) is 5.35. The fourth-order valence-corrected chi connectivity index (χ4v) is 4.42. The van der Waals surface area contributed by atoms with Crippen molar-refractivity contribution in [1.29, 1.82) is 0 Å². The number of esters is 1. The lowest BCUT2D eigenvalue weighted by Crippen LogP contribution is -2.54. The van der Waals surface area contributed by atoms with Crippen LogP contribution >= 0.6 is 11.3 Å². The third kappa shape index (κ3) is 3.28. The van der Waals surface area contributed by atoms with Crippen LogP contribution in [0, 0.1) is 5.92 Å². The van der Waals surface area contributed by atoms with Crippen LogP contribution in [0.1, 0.15) is 38.5 Å². The molecular weight excluding hydrogens is 384 g/mol. The third-order valence-corrected chi connectivity index (χ3v) is 6.22. The number of carbonyl (C=O) groups excluding carboxylic acids is 3. The van der Waals surface area contributed by atoms with Gasteiger partial charge in [-0.3, -0.25) is 14.5 Å². The van der Waals surface area contributed by atoms with Crippen LogP contribution in [-0.2, 0) is 20.9 Å². The Hall–Kier alpha value is -2.75. The molecule has 3 heterocycles. The van der Waals surface area contributed by atoms with Crippen LogP contribution in [0.3, 0.4) is 0 Å². The van der Waals surface area contributed by atoms with Crippen LogP contribution in [-0.4, -0.2) is 45.0 Å². The van der Waals surface area contributed by atoms with Crippen molar-refractivity contribution in [2.45, 2.75) is 44.8 Å². The second-order valence-electron chi connectivity index (χ2n) is 7.09. The standard InChI is InChI=1S/C18H20N4O5S/c1-11-5-2-3-7-18(11)16(24)22(17(25)20-18)9-14(23)26-10-13-19-15(21-27-13)12-6-4-8-28-12/h4,6,8,11H,2-3,5,7,9-10H2,1H3,(H,20,25)/t11-,18-/m0/s1. The molecule has 0 unspecified atom stereocenters. The number of hydrogen-bond donors (Lipinski definition) is 1. The molecule has 1 aliphatic heterocycles. The maximum absolute atomic E-state index is 12.8. The molecule has 2 aliphatic rings. The summed E-state index contributed by atoms with van der Waals surface area (Å²) in [5, 5.41) is 8.53. The summed E-state index contributed by atoms with van der Waals surface area (Å²) in [4.78, 5) is 43.2. The van der Waals surface area contributed by atoms with Gasteiger partial charge in [0.25, 0.3) is 11.8 Å². The average Bonchev–Trinajstić information content (AvgIpc) is 3.40. The van der Waals surface area contributed by atoms with Gasteiger partial charge in [0, 0.05) is 0 Å². The highest BCUT2D eigenvalue weighted by Gasteiger charge is 2.55. The first-order valence-corrected chi connectivity index (χ1v) is 10.0. The molecule has 2 aromatic rings. The number of hydrogen-bond acceptors (Lipinski definition) is 8. The van der Waals surface area contributed by atoms with Crippen molar-refractivity contribution in [2.24, 2.45) is 5.92 Å². The van der Waals surface area contributed by atoms with Crippen LogP contribution in [0.2, 0.25) is 0 Å². The molecule has 0 radical (unpaired) electrons. The predicted octanol–water partition coefficient (Wildman–Crippen LogP) is 2.34. The smallest absolute Gasteiger partial charge is 0.326 e. The van der Waals surface area contributed by atoms with E-state index in [0.717, 1.165) is 29.0 Å². The highest BCUT2D eigenvalue weighted by molar-refractivity contribution is 7.13. The monoisotopic (exact) mass is 404 g/mol. The number of imide groups is 1. The van der Waals surface area contributed by atoms with Crippen LogP contribution in [0.5, 0.6) is 0 Å². The van der Waals surface area contributed by atoms with Gasteiger partial charge in [-0.05, 0) is 30.2 Å². The van der Waals surface area contributed by atoms with E-state index in [0.29, 0.717) is 12.2 Å². The highest BCUT2D eigenvalue weighted by Crippen LogP contribution is 2.38. The molecule has 148 valence electrons. The molecule has 0 aromatic carbocycles. The van der Waals surface area contributed by atoms with Crippen molar-refractivity contribution >= 4 is 29.2 Å². The Balaban J connectivity index is 1.35. The van der Waals surface area contributed by atoms with Crippen molar-refractivity contribution in [1.82, 2.24) is 20.4 Å². The topological polar surface area (TPSA) is 115 Å². The molecule has 2 atom stereocenters. The molecule has 1 saturated carbocycles. The fraction of sp³-hybridized carbons (Fsp3) is 0.500. The maximum atomic E-state index is 12.8. The van der Waals surface area contributed by atoms with E-state index in [1.807, 2.05) is 24.4 Å². The van der Waals surface area contributed by atoms with Gasteiger partial charge in [-0.25, -0.2) is 4.79 Å². The second kappa shape index (κ2) is 7.34. The zero-order chi connectivity index (χ0) is 19.7. The molecule has 0 bridgehead atoms. The lowest BCUT2D eigenvalue weighted by Gasteiger charge is -2.36. The maximum Gasteiger partial charge on any atom is 0.326 e. The Morgan fingerprint density at radius 3 is 3.07 bits per heavy atom. The van der Waals surface area contributed by atoms with Crippen LogP contribution in [0.15, 0.2) is 22.0 Å². The van der Waals surface area contributed by atoms with Gasteiger partial charge in [-0.2, -0.15) is 4.98 Å². The number of aromatic nitrogens is 2. The Morgan fingerprint density at radius 1 is 1.46 bits per heavy atom. The minimum Gasteiger partial charge on any atom is -0.454 e. The molecule has 2 fully saturated rings. The Morgan fingerprint density at radius 2 is 2.32 bits per heavy atom. The molecule has 2 aromatic heterocycles. The Bertz CT molecular complexity index is 896. The quantitative estimate of drug-likeness (QED) is 0.601. The lowest BCUT2D eigenvalue weighted by molar-refractivity contribution is -0.150. The van der Waals surface area contributed by atoms with Crippen molar-refractivity contribution in [3.63, 3.8) is 0 Å². The van der Waals surface area contributed by atoms with E-state index in [-0.39, 0.29) is 24.3 Å². The molecule has 28 heavy (non-hydrogen) atoms. The van der Waals surface area contributed by atoms with Gasteiger partial charge in [-0.15, -0.1) is 11.3 Å². The van der Waals surface area contributed by atoms with Gasteiger partial charge >= 0.3 is 12.0 Å². The minimum atomic E-state index is -0.891. The van der Waals surface area contributed by atoms with Crippen molar-refractivity contribution in [2.75, 3.05) is 6.54 Å². The lowest BCUT2D eigenvalue weighted by atomic mass is 9.73. The molecule has 4 rings (SSSR count). The zero-order valence-corrected chi connectivity index (χ0v) is 16.2. The number of rotatable bonds is 5. The minimum absolute atomic E-state index is 0.0350. The van der Waals surface area contributed by atoms with E-state index < -0.39 is 24.1 Å². The van der Waals surface area contributed by atoms with E-state index in [4.69, 9.17) is 9.26 Å². The fourth-order valence-electron chi connectivity index (χ4n) is 3.78. The Labute approximate surface area is 165 Å². The molecule has 3 amide bonds. The number of ether oxygens (including phenoxy) is 1. The summed E-state index contributed by atoms with van der Waals surface area (Å²) in [7, 11) is 0. The first-order valence-electron chi connectivity index (χ1n) is 9.16. The summed E-state index contributed by atoms with van der Waals surface area (Å²) in [5.74, 6) is -0.457. The van der Waals surface area contributed by atoms with Gasteiger partial charge in [0.2, 0.25) is 5.82 Å². The van der Waals surface area contributed by atoms with Crippen LogP contribution in [0.4, 0.5) is 4.79 Å². The van der Waals surface area contributed by atoms with Gasteiger partial charge < -0.3 is 14.6 Å².